The van der Waals surface area contributed by atoms with E-state index in [2.05, 4.69) is 10.9 Å². The van der Waals surface area contributed by atoms with Crippen LogP contribution in [-0.2, 0) is 9.59 Å². The van der Waals surface area contributed by atoms with E-state index < -0.39 is 17.7 Å². The van der Waals surface area contributed by atoms with Crippen LogP contribution in [0.2, 0.25) is 0 Å². The summed E-state index contributed by atoms with van der Waals surface area (Å²) in [7, 11) is 1.51. The number of rotatable bonds is 4. The number of nitrogens with zero attached hydrogens (tertiary/aromatic N) is 1. The van der Waals surface area contributed by atoms with Crippen molar-refractivity contribution >= 4 is 23.4 Å². The minimum Gasteiger partial charge on any atom is -0.497 e. The van der Waals surface area contributed by atoms with Crippen LogP contribution in [0.15, 0.2) is 48.5 Å². The van der Waals surface area contributed by atoms with E-state index in [4.69, 9.17) is 4.74 Å². The quantitative estimate of drug-likeness (QED) is 0.807. The maximum atomic E-state index is 12.4. The Morgan fingerprint density at radius 3 is 2.56 bits per heavy atom. The largest absolute Gasteiger partial charge is 0.497 e. The molecule has 1 heterocycles. The standard InChI is InChI=1S/C20H21N3O4/c1-13-6-8-16(9-7-13)23-12-15(11-18(23)24)20(26)22-21-19(25)14-4-3-5-17(10-14)27-2/h3-10,15H,11-12H2,1-2H3,(H,21,25)(H,22,26)/t15-/m1/s1. The summed E-state index contributed by atoms with van der Waals surface area (Å²) in [6, 6.07) is 14.1. The molecule has 7 heteroatoms. The lowest BCUT2D eigenvalue weighted by Crippen LogP contribution is -2.45. The van der Waals surface area contributed by atoms with Crippen molar-refractivity contribution in [1.29, 1.82) is 0 Å². The van der Waals surface area contributed by atoms with Crippen LogP contribution in [0.4, 0.5) is 5.69 Å². The van der Waals surface area contributed by atoms with Gasteiger partial charge in [0, 0.05) is 24.2 Å². The van der Waals surface area contributed by atoms with Crippen LogP contribution in [0.3, 0.4) is 0 Å². The highest BCUT2D eigenvalue weighted by Crippen LogP contribution is 2.25. The van der Waals surface area contributed by atoms with Crippen molar-refractivity contribution in [3.05, 3.63) is 59.7 Å². The second-order valence-electron chi connectivity index (χ2n) is 6.42. The smallest absolute Gasteiger partial charge is 0.269 e. The molecule has 0 aromatic heterocycles. The van der Waals surface area contributed by atoms with Crippen LogP contribution < -0.4 is 20.5 Å². The summed E-state index contributed by atoms with van der Waals surface area (Å²) in [5.74, 6) is -0.942. The minimum atomic E-state index is -0.524. The predicted molar refractivity (Wildman–Crippen MR) is 100 cm³/mol. The lowest BCUT2D eigenvalue weighted by atomic mass is 10.1. The van der Waals surface area contributed by atoms with Gasteiger partial charge in [-0.2, -0.15) is 0 Å². The summed E-state index contributed by atoms with van der Waals surface area (Å²) in [5, 5.41) is 0. The molecular formula is C20H21N3O4. The van der Waals surface area contributed by atoms with Crippen molar-refractivity contribution in [1.82, 2.24) is 10.9 Å². The molecule has 140 valence electrons. The average molecular weight is 367 g/mol. The lowest BCUT2D eigenvalue weighted by molar-refractivity contribution is -0.126. The molecule has 0 bridgehead atoms. The molecule has 0 spiro atoms. The number of anilines is 1. The van der Waals surface area contributed by atoms with Crippen molar-refractivity contribution in [3.8, 4) is 5.75 Å². The Hall–Kier alpha value is -3.35. The Labute approximate surface area is 157 Å². The zero-order chi connectivity index (χ0) is 19.4. The molecule has 3 rings (SSSR count). The lowest BCUT2D eigenvalue weighted by Gasteiger charge is -2.17. The fraction of sp³-hybridized carbons (Fsp3) is 0.250. The number of benzene rings is 2. The molecule has 7 nitrogen and oxygen atoms in total. The predicted octanol–water partition coefficient (Wildman–Crippen LogP) is 1.82. The van der Waals surface area contributed by atoms with Crippen molar-refractivity contribution in [2.24, 2.45) is 5.92 Å². The summed E-state index contributed by atoms with van der Waals surface area (Å²) in [4.78, 5) is 38.3. The molecule has 0 unspecified atom stereocenters. The molecule has 1 aliphatic rings. The third kappa shape index (κ3) is 4.25. The number of carbonyl (C=O) groups is 3. The number of aryl methyl sites for hydroxylation is 1. The van der Waals surface area contributed by atoms with E-state index in [1.54, 1.807) is 29.2 Å². The summed E-state index contributed by atoms with van der Waals surface area (Å²) >= 11 is 0. The maximum Gasteiger partial charge on any atom is 0.269 e. The first-order valence-electron chi connectivity index (χ1n) is 8.59. The molecule has 2 aromatic rings. The summed E-state index contributed by atoms with van der Waals surface area (Å²) in [5.41, 5.74) is 7.01. The van der Waals surface area contributed by atoms with Gasteiger partial charge in [0.1, 0.15) is 5.75 Å². The molecule has 1 fully saturated rings. The van der Waals surface area contributed by atoms with E-state index >= 15 is 0 Å². The molecule has 0 saturated carbocycles. The molecule has 1 saturated heterocycles. The normalized spacial score (nSPS) is 16.1. The van der Waals surface area contributed by atoms with Gasteiger partial charge in [-0.05, 0) is 37.3 Å². The van der Waals surface area contributed by atoms with Gasteiger partial charge in [-0.15, -0.1) is 0 Å². The average Bonchev–Trinajstić information content (AvgIpc) is 3.08. The topological polar surface area (TPSA) is 87.7 Å². The van der Waals surface area contributed by atoms with Gasteiger partial charge in [0.15, 0.2) is 0 Å². The van der Waals surface area contributed by atoms with Gasteiger partial charge in [0.25, 0.3) is 5.91 Å². The van der Waals surface area contributed by atoms with Gasteiger partial charge >= 0.3 is 0 Å². The first-order chi connectivity index (χ1) is 13.0. The molecule has 27 heavy (non-hydrogen) atoms. The van der Waals surface area contributed by atoms with E-state index in [1.807, 2.05) is 31.2 Å². The van der Waals surface area contributed by atoms with Crippen LogP contribution in [0.25, 0.3) is 0 Å². The summed E-state index contributed by atoms with van der Waals surface area (Å²) in [6.45, 7) is 2.25. The molecule has 1 aliphatic heterocycles. The summed E-state index contributed by atoms with van der Waals surface area (Å²) < 4.78 is 5.07. The number of hydrogen-bond acceptors (Lipinski definition) is 4. The van der Waals surface area contributed by atoms with Crippen LogP contribution in [0.1, 0.15) is 22.3 Å². The Morgan fingerprint density at radius 2 is 1.85 bits per heavy atom. The molecule has 0 radical (unpaired) electrons. The highest BCUT2D eigenvalue weighted by Gasteiger charge is 2.35. The van der Waals surface area contributed by atoms with Crippen molar-refractivity contribution in [2.45, 2.75) is 13.3 Å². The molecule has 2 aromatic carbocycles. The number of hydrogen-bond donors (Lipinski definition) is 2. The van der Waals surface area contributed by atoms with Crippen LogP contribution in [-0.4, -0.2) is 31.4 Å². The van der Waals surface area contributed by atoms with Gasteiger partial charge in [0.2, 0.25) is 11.8 Å². The molecule has 3 amide bonds. The van der Waals surface area contributed by atoms with E-state index in [-0.39, 0.29) is 18.9 Å². The Balaban J connectivity index is 1.57. The maximum absolute atomic E-state index is 12.4. The SMILES string of the molecule is COc1cccc(C(=O)NNC(=O)[C@@H]2CC(=O)N(c3ccc(C)cc3)C2)c1. The van der Waals surface area contributed by atoms with Crippen molar-refractivity contribution in [3.63, 3.8) is 0 Å². The first-order valence-corrected chi connectivity index (χ1v) is 8.59. The van der Waals surface area contributed by atoms with Gasteiger partial charge in [0.05, 0.1) is 13.0 Å². The van der Waals surface area contributed by atoms with E-state index in [1.165, 1.54) is 7.11 Å². The highest BCUT2D eigenvalue weighted by molar-refractivity contribution is 6.01. The second-order valence-corrected chi connectivity index (χ2v) is 6.42. The second kappa shape index (κ2) is 7.90. The van der Waals surface area contributed by atoms with Crippen LogP contribution in [0.5, 0.6) is 5.75 Å². The zero-order valence-corrected chi connectivity index (χ0v) is 15.2. The third-order valence-electron chi connectivity index (χ3n) is 4.47. The number of ether oxygens (including phenoxy) is 1. The van der Waals surface area contributed by atoms with E-state index in [0.717, 1.165) is 11.3 Å². The van der Waals surface area contributed by atoms with E-state index in [0.29, 0.717) is 11.3 Å². The highest BCUT2D eigenvalue weighted by atomic mass is 16.5. The fourth-order valence-corrected chi connectivity index (χ4v) is 2.91. The van der Waals surface area contributed by atoms with Gasteiger partial charge < -0.3 is 9.64 Å². The molecule has 2 N–H and O–H groups in total. The van der Waals surface area contributed by atoms with Gasteiger partial charge in [-0.3, -0.25) is 25.2 Å². The fourth-order valence-electron chi connectivity index (χ4n) is 2.91. The third-order valence-corrected chi connectivity index (χ3v) is 4.47. The Kier molecular flexibility index (Phi) is 5.40. The zero-order valence-electron chi connectivity index (χ0n) is 15.2. The van der Waals surface area contributed by atoms with Crippen molar-refractivity contribution in [2.75, 3.05) is 18.6 Å². The number of amides is 3. The van der Waals surface area contributed by atoms with Crippen LogP contribution in [0, 0.1) is 12.8 Å². The monoisotopic (exact) mass is 367 g/mol. The number of methoxy groups -OCH3 is 1. The van der Waals surface area contributed by atoms with Gasteiger partial charge in [-0.1, -0.05) is 23.8 Å². The van der Waals surface area contributed by atoms with E-state index in [9.17, 15) is 14.4 Å². The minimum absolute atomic E-state index is 0.106. The Bertz CT molecular complexity index is 864. The molecular weight excluding hydrogens is 346 g/mol. The van der Waals surface area contributed by atoms with Gasteiger partial charge in [-0.25, -0.2) is 0 Å². The number of hydrazine groups is 1. The number of carbonyl (C=O) groups excluding carboxylic acids is 3. The molecule has 0 aliphatic carbocycles. The first kappa shape index (κ1) is 18.4. The van der Waals surface area contributed by atoms with Crippen LogP contribution >= 0.6 is 0 Å². The number of nitrogens with one attached hydrogen (secondary N) is 2. The summed E-state index contributed by atoms with van der Waals surface area (Å²) in [6.07, 6.45) is 0.106. The van der Waals surface area contributed by atoms with Crippen molar-refractivity contribution < 1.29 is 19.1 Å². The Morgan fingerprint density at radius 1 is 1.11 bits per heavy atom. The molecule has 1 atom stereocenters.